The predicted octanol–water partition coefficient (Wildman–Crippen LogP) is -18.3. The van der Waals surface area contributed by atoms with E-state index in [1.165, 1.54) is 0 Å². The maximum atomic E-state index is 8.55. The van der Waals surface area contributed by atoms with Crippen LogP contribution < -0.4 is 106 Å². The Kier molecular flexibility index (Phi) is 180. The first-order valence-corrected chi connectivity index (χ1v) is 6.57. The minimum absolute atomic E-state index is 0. The summed E-state index contributed by atoms with van der Waals surface area (Å²) >= 11 is 0. The standard InChI is InChI=1S/4Al.3ClH.4H3N.3H3O4P/c;;;;;;;;;;;3*1-5(2,3)4/h;;;;3*1H;4*1H3;3*(H3,1,2,3,4)/q4*+3;;;;;;;;;;/p-12. The molecule has 0 aliphatic heterocycles. The molecule has 152 valence electrons. The van der Waals surface area contributed by atoms with Crippen molar-refractivity contribution in [3.63, 3.8) is 0 Å². The van der Waals surface area contributed by atoms with Gasteiger partial charge in [0.25, 0.3) is 0 Å². The van der Waals surface area contributed by atoms with Crippen molar-refractivity contribution in [2.45, 2.75) is 0 Å². The SMILES string of the molecule is N.N.N.N.O=P([O-])([O-])[O-].O=P([O-])([O-])[O-].O=P([O-])([O-])[O-].[Al+3].[Al+3].[Al+3].[Al+3].[Cl-].[Cl-].[Cl-]. The number of phosphoric acid groups is 3. The fraction of sp³-hybridized carbons (Fsp3) is 0. The van der Waals surface area contributed by atoms with Crippen LogP contribution in [0.3, 0.4) is 0 Å². The van der Waals surface area contributed by atoms with Gasteiger partial charge in [0.05, 0.1) is 0 Å². The van der Waals surface area contributed by atoms with Crippen molar-refractivity contribution < 1.29 is 95.0 Å². The molecule has 0 aromatic heterocycles. The van der Waals surface area contributed by atoms with Gasteiger partial charge in [0.1, 0.15) is 0 Å². The average molecular weight is 567 g/mol. The predicted molar refractivity (Wildman–Crippen MR) is 65.9 cm³/mol. The van der Waals surface area contributed by atoms with Crippen LogP contribution in [0.25, 0.3) is 0 Å². The third-order valence-electron chi connectivity index (χ3n) is 0. The van der Waals surface area contributed by atoms with Gasteiger partial charge in [-0.1, -0.05) is 0 Å². The molecule has 0 amide bonds. The molecule has 26 heteroatoms. The van der Waals surface area contributed by atoms with Crippen molar-refractivity contribution in [2.75, 3.05) is 0 Å². The summed E-state index contributed by atoms with van der Waals surface area (Å²) in [6.45, 7) is 0. The van der Waals surface area contributed by atoms with E-state index in [-0.39, 0.29) is 131 Å². The fourth-order valence-electron chi connectivity index (χ4n) is 0. The first kappa shape index (κ1) is 101. The Bertz CT molecular complexity index is 240. The molecule has 16 nitrogen and oxygen atoms in total. The van der Waals surface area contributed by atoms with Crippen molar-refractivity contribution in [3.8, 4) is 0 Å². The molecule has 0 aromatic rings. The Balaban J connectivity index is -0.00000000571. The Labute approximate surface area is 211 Å². The van der Waals surface area contributed by atoms with E-state index in [0.717, 1.165) is 0 Å². The van der Waals surface area contributed by atoms with Crippen LogP contribution in [0.5, 0.6) is 0 Å². The van der Waals surface area contributed by atoms with E-state index in [4.69, 9.17) is 57.7 Å². The Morgan fingerprint density at radius 1 is 0.346 bits per heavy atom. The summed E-state index contributed by atoms with van der Waals surface area (Å²) in [6.07, 6.45) is 0. The second-order valence-electron chi connectivity index (χ2n) is 1.34. The Hall–Kier alpha value is 3.17. The molecule has 0 bridgehead atoms. The van der Waals surface area contributed by atoms with Crippen LogP contribution in [-0.4, -0.2) is 69.4 Å². The molecular weight excluding hydrogens is 555 g/mol. The molecule has 0 saturated heterocycles. The van der Waals surface area contributed by atoms with Crippen LogP contribution in [0.15, 0.2) is 0 Å². The van der Waals surface area contributed by atoms with Crippen molar-refractivity contribution >= 4 is 92.9 Å². The molecule has 0 aliphatic rings. The minimum Gasteiger partial charge on any atom is -1.00 e. The molecular formula is H12Al4Cl3N4O12P3. The van der Waals surface area contributed by atoms with Gasteiger partial charge < -0.3 is 120 Å². The van der Waals surface area contributed by atoms with Gasteiger partial charge in [-0.3, -0.25) is 0 Å². The van der Waals surface area contributed by atoms with E-state index >= 15 is 0 Å². The van der Waals surface area contributed by atoms with Gasteiger partial charge in [-0.05, 0) is 0 Å². The van der Waals surface area contributed by atoms with Crippen LogP contribution in [-0.2, 0) is 13.7 Å². The quantitative estimate of drug-likeness (QED) is 0.156. The van der Waals surface area contributed by atoms with Gasteiger partial charge in [-0.15, -0.1) is 0 Å². The number of hydrogen-bond donors (Lipinski definition) is 4. The molecule has 0 heterocycles. The third kappa shape index (κ3) is 1850. The van der Waals surface area contributed by atoms with E-state index in [9.17, 15) is 0 Å². The van der Waals surface area contributed by atoms with Crippen LogP contribution >= 0.6 is 23.5 Å². The maximum Gasteiger partial charge on any atom is 3.00 e. The topological polar surface area (TPSA) is 399 Å². The third-order valence-corrected chi connectivity index (χ3v) is 0. The van der Waals surface area contributed by atoms with Gasteiger partial charge in [0.2, 0.25) is 0 Å². The smallest absolute Gasteiger partial charge is 1.00 e. The molecule has 0 radical (unpaired) electrons. The molecule has 0 spiro atoms. The second-order valence-corrected chi connectivity index (χ2v) is 4.02. The molecule has 0 unspecified atom stereocenters. The number of hydrogen-bond acceptors (Lipinski definition) is 16. The first-order chi connectivity index (χ1) is 6.00. The van der Waals surface area contributed by atoms with Gasteiger partial charge in [0.15, 0.2) is 0 Å². The van der Waals surface area contributed by atoms with E-state index in [1.54, 1.807) is 0 Å². The van der Waals surface area contributed by atoms with E-state index in [2.05, 4.69) is 0 Å². The molecule has 0 aliphatic carbocycles. The molecule has 0 saturated carbocycles. The normalized spacial score (nSPS) is 6.81. The zero-order valence-corrected chi connectivity index (χ0v) is 22.1. The monoisotopic (exact) mass is 566 g/mol. The van der Waals surface area contributed by atoms with E-state index in [0.29, 0.717) is 0 Å². The van der Waals surface area contributed by atoms with Crippen LogP contribution in [0, 0.1) is 0 Å². The average Bonchev–Trinajstić information content (AvgIpc) is 1.41. The van der Waals surface area contributed by atoms with Crippen molar-refractivity contribution in [2.24, 2.45) is 0 Å². The van der Waals surface area contributed by atoms with Gasteiger partial charge in [-0.25, -0.2) is 0 Å². The first-order valence-electron chi connectivity index (χ1n) is 2.19. The second kappa shape index (κ2) is 46.4. The number of rotatable bonds is 0. The summed E-state index contributed by atoms with van der Waals surface area (Å²) in [7, 11) is -16.2. The molecule has 0 rings (SSSR count). The molecule has 0 aromatic carbocycles. The summed E-state index contributed by atoms with van der Waals surface area (Å²) in [5, 5.41) is 0. The van der Waals surface area contributed by atoms with E-state index in [1.807, 2.05) is 0 Å². The van der Waals surface area contributed by atoms with Crippen molar-refractivity contribution in [1.29, 1.82) is 0 Å². The Morgan fingerprint density at radius 2 is 0.346 bits per heavy atom. The number of halogens is 3. The summed E-state index contributed by atoms with van der Waals surface area (Å²) in [4.78, 5) is 76.9. The summed E-state index contributed by atoms with van der Waals surface area (Å²) in [5.74, 6) is 0. The van der Waals surface area contributed by atoms with Crippen LogP contribution in [0.2, 0.25) is 0 Å². The molecule has 0 atom stereocenters. The fourth-order valence-corrected chi connectivity index (χ4v) is 0. The molecule has 12 N–H and O–H groups in total. The van der Waals surface area contributed by atoms with Crippen molar-refractivity contribution in [1.82, 2.24) is 24.6 Å². The largest absolute Gasteiger partial charge is 3.00 e. The van der Waals surface area contributed by atoms with Gasteiger partial charge in [0, 0.05) is 0 Å². The maximum absolute atomic E-state index is 8.55. The minimum atomic E-state index is -5.39. The molecule has 0 fully saturated rings. The summed E-state index contributed by atoms with van der Waals surface area (Å²) in [6, 6.07) is 0. The van der Waals surface area contributed by atoms with Gasteiger partial charge in [-0.2, -0.15) is 23.5 Å². The zero-order valence-electron chi connectivity index (χ0n) is 12.5. The summed E-state index contributed by atoms with van der Waals surface area (Å²) in [5.41, 5.74) is 0. The zero-order chi connectivity index (χ0) is 13.5. The van der Waals surface area contributed by atoms with Crippen molar-refractivity contribution in [3.05, 3.63) is 0 Å². The van der Waals surface area contributed by atoms with E-state index < -0.39 is 23.5 Å². The Morgan fingerprint density at radius 3 is 0.346 bits per heavy atom. The van der Waals surface area contributed by atoms with Gasteiger partial charge >= 0.3 is 69.4 Å². The van der Waals surface area contributed by atoms with Crippen LogP contribution in [0.4, 0.5) is 0 Å². The molecule has 26 heavy (non-hydrogen) atoms. The summed E-state index contributed by atoms with van der Waals surface area (Å²) < 4.78 is 25.6. The van der Waals surface area contributed by atoms with Crippen LogP contribution in [0.1, 0.15) is 0 Å².